The summed E-state index contributed by atoms with van der Waals surface area (Å²) in [5, 5.41) is 8.34. The number of hydrogen-bond acceptors (Lipinski definition) is 6. The van der Waals surface area contributed by atoms with Crippen molar-refractivity contribution in [3.05, 3.63) is 59.4 Å². The zero-order chi connectivity index (χ0) is 17.9. The number of benzene rings is 2. The average Bonchev–Trinajstić information content (AvgIpc) is 3.10. The zero-order valence-corrected chi connectivity index (χ0v) is 14.7. The number of nitrogens with zero attached hydrogens (tertiary/aromatic N) is 2. The van der Waals surface area contributed by atoms with Crippen LogP contribution in [0.2, 0.25) is 5.02 Å². The van der Waals surface area contributed by atoms with Gasteiger partial charge in [-0.05, 0) is 48.5 Å². The second-order valence-electron chi connectivity index (χ2n) is 5.01. The lowest BCUT2D eigenvalue weighted by Gasteiger charge is -2.05. The van der Waals surface area contributed by atoms with Gasteiger partial charge in [0.15, 0.2) is 0 Å². The van der Waals surface area contributed by atoms with E-state index in [0.717, 1.165) is 0 Å². The highest BCUT2D eigenvalue weighted by Crippen LogP contribution is 2.20. The molecule has 0 aliphatic heterocycles. The molecule has 3 rings (SSSR count). The number of aromatic nitrogens is 2. The average molecular weight is 380 g/mol. The normalized spacial score (nSPS) is 11.4. The highest BCUT2D eigenvalue weighted by Gasteiger charge is 2.16. The van der Waals surface area contributed by atoms with Crippen LogP contribution in [0, 0.1) is 0 Å². The second-order valence-corrected chi connectivity index (χ2v) is 7.21. The van der Waals surface area contributed by atoms with Crippen LogP contribution in [-0.2, 0) is 16.6 Å². The number of hydrogen-bond donors (Lipinski definition) is 1. The predicted molar refractivity (Wildman–Crippen MR) is 91.8 cm³/mol. The molecule has 0 fully saturated rings. The first-order chi connectivity index (χ1) is 12.0. The Labute approximate surface area is 149 Å². The first-order valence-electron chi connectivity index (χ1n) is 7.20. The van der Waals surface area contributed by atoms with Gasteiger partial charge in [0, 0.05) is 10.6 Å². The molecular weight excluding hydrogens is 366 g/mol. The smallest absolute Gasteiger partial charge is 0.247 e. The molecule has 1 N–H and O–H groups in total. The first-order valence-corrected chi connectivity index (χ1v) is 9.06. The topological polar surface area (TPSA) is 94.3 Å². The van der Waals surface area contributed by atoms with Crippen molar-refractivity contribution in [3.8, 4) is 17.2 Å². The van der Waals surface area contributed by atoms with Crippen LogP contribution in [0.25, 0.3) is 11.5 Å². The van der Waals surface area contributed by atoms with Crippen molar-refractivity contribution in [1.29, 1.82) is 0 Å². The Morgan fingerprint density at radius 3 is 2.40 bits per heavy atom. The van der Waals surface area contributed by atoms with Gasteiger partial charge in [-0.3, -0.25) is 0 Å². The molecular formula is C16H14ClN3O4S. The Morgan fingerprint density at radius 2 is 1.76 bits per heavy atom. The van der Waals surface area contributed by atoms with Gasteiger partial charge in [0.1, 0.15) is 5.75 Å². The SMILES string of the molecule is COc1ccc(S(=O)(=O)NCc2nnc(-c3ccc(Cl)cc3)o2)cc1. The standard InChI is InChI=1S/C16H14ClN3O4S/c1-23-13-6-8-14(9-7-13)25(21,22)18-10-15-19-20-16(24-15)11-2-4-12(17)5-3-11/h2-9,18H,10H2,1H3. The number of sulfonamides is 1. The lowest BCUT2D eigenvalue weighted by Crippen LogP contribution is -2.23. The van der Waals surface area contributed by atoms with Crippen molar-refractivity contribution in [2.75, 3.05) is 7.11 Å². The monoisotopic (exact) mass is 379 g/mol. The minimum atomic E-state index is -3.70. The Hall–Kier alpha value is -2.42. The predicted octanol–water partition coefficient (Wildman–Crippen LogP) is 2.88. The maximum absolute atomic E-state index is 12.3. The largest absolute Gasteiger partial charge is 0.497 e. The van der Waals surface area contributed by atoms with Crippen molar-refractivity contribution < 1.29 is 17.6 Å². The molecule has 25 heavy (non-hydrogen) atoms. The molecule has 0 saturated carbocycles. The molecule has 2 aromatic carbocycles. The van der Waals surface area contributed by atoms with E-state index in [-0.39, 0.29) is 23.2 Å². The van der Waals surface area contributed by atoms with Gasteiger partial charge in [0.25, 0.3) is 0 Å². The van der Waals surface area contributed by atoms with E-state index in [0.29, 0.717) is 16.3 Å². The maximum Gasteiger partial charge on any atom is 0.247 e. The number of nitrogens with one attached hydrogen (secondary N) is 1. The van der Waals surface area contributed by atoms with Crippen LogP contribution in [0.15, 0.2) is 57.8 Å². The summed E-state index contributed by atoms with van der Waals surface area (Å²) >= 11 is 5.83. The Bertz CT molecular complexity index is 954. The van der Waals surface area contributed by atoms with Crippen molar-refractivity contribution in [1.82, 2.24) is 14.9 Å². The van der Waals surface area contributed by atoms with Gasteiger partial charge in [-0.1, -0.05) is 11.6 Å². The molecule has 1 aromatic heterocycles. The lowest BCUT2D eigenvalue weighted by molar-refractivity contribution is 0.414. The molecule has 7 nitrogen and oxygen atoms in total. The van der Waals surface area contributed by atoms with E-state index < -0.39 is 10.0 Å². The van der Waals surface area contributed by atoms with Crippen LogP contribution < -0.4 is 9.46 Å². The van der Waals surface area contributed by atoms with Crippen molar-refractivity contribution in [2.45, 2.75) is 11.4 Å². The van der Waals surface area contributed by atoms with E-state index in [1.54, 1.807) is 36.4 Å². The molecule has 0 unspecified atom stereocenters. The van der Waals surface area contributed by atoms with Crippen LogP contribution in [0.4, 0.5) is 0 Å². The molecule has 130 valence electrons. The van der Waals surface area contributed by atoms with Crippen LogP contribution in [-0.4, -0.2) is 25.7 Å². The van der Waals surface area contributed by atoms with Crippen LogP contribution in [0.1, 0.15) is 5.89 Å². The summed E-state index contributed by atoms with van der Waals surface area (Å²) in [6, 6.07) is 12.9. The fourth-order valence-electron chi connectivity index (χ4n) is 2.03. The van der Waals surface area contributed by atoms with Gasteiger partial charge in [0.05, 0.1) is 18.6 Å². The molecule has 0 bridgehead atoms. The summed E-state index contributed by atoms with van der Waals surface area (Å²) in [4.78, 5) is 0.116. The molecule has 0 radical (unpaired) electrons. The maximum atomic E-state index is 12.3. The van der Waals surface area contributed by atoms with Gasteiger partial charge >= 0.3 is 0 Å². The first kappa shape index (κ1) is 17.4. The number of rotatable bonds is 6. The molecule has 0 saturated heterocycles. The fraction of sp³-hybridized carbons (Fsp3) is 0.125. The van der Waals surface area contributed by atoms with Gasteiger partial charge in [-0.15, -0.1) is 10.2 Å². The summed E-state index contributed by atoms with van der Waals surface area (Å²) in [5.41, 5.74) is 0.696. The van der Waals surface area contributed by atoms with Gasteiger partial charge in [-0.2, -0.15) is 0 Å². The molecule has 0 amide bonds. The molecule has 0 spiro atoms. The third-order valence-corrected chi connectivity index (χ3v) is 5.01. The Kier molecular flexibility index (Phi) is 5.03. The summed E-state index contributed by atoms with van der Waals surface area (Å²) < 4.78 is 37.4. The highest BCUT2D eigenvalue weighted by molar-refractivity contribution is 7.89. The molecule has 3 aromatic rings. The number of ether oxygens (including phenoxy) is 1. The molecule has 9 heteroatoms. The number of halogens is 1. The third kappa shape index (κ3) is 4.16. The second kappa shape index (κ2) is 7.22. The van der Waals surface area contributed by atoms with Crippen LogP contribution >= 0.6 is 11.6 Å². The summed E-state index contributed by atoms with van der Waals surface area (Å²) in [6.07, 6.45) is 0. The molecule has 0 aliphatic rings. The van der Waals surface area contributed by atoms with E-state index in [1.807, 2.05) is 0 Å². The minimum absolute atomic E-state index is 0.116. The number of methoxy groups -OCH3 is 1. The van der Waals surface area contributed by atoms with E-state index in [9.17, 15) is 8.42 Å². The summed E-state index contributed by atoms with van der Waals surface area (Å²) in [7, 11) is -2.19. The summed E-state index contributed by atoms with van der Waals surface area (Å²) in [5.74, 6) is 1.01. The van der Waals surface area contributed by atoms with Gasteiger partial charge < -0.3 is 9.15 Å². The molecule has 1 heterocycles. The van der Waals surface area contributed by atoms with Gasteiger partial charge in [0.2, 0.25) is 21.8 Å². The Morgan fingerprint density at radius 1 is 1.08 bits per heavy atom. The third-order valence-electron chi connectivity index (χ3n) is 3.34. The molecule has 0 aliphatic carbocycles. The van der Waals surface area contributed by atoms with Crippen LogP contribution in [0.3, 0.4) is 0 Å². The Balaban J connectivity index is 1.69. The van der Waals surface area contributed by atoms with Gasteiger partial charge in [-0.25, -0.2) is 13.1 Å². The highest BCUT2D eigenvalue weighted by atomic mass is 35.5. The van der Waals surface area contributed by atoms with E-state index in [2.05, 4.69) is 14.9 Å². The minimum Gasteiger partial charge on any atom is -0.497 e. The van der Waals surface area contributed by atoms with Crippen molar-refractivity contribution >= 4 is 21.6 Å². The zero-order valence-electron chi connectivity index (χ0n) is 13.1. The molecule has 0 atom stereocenters. The van der Waals surface area contributed by atoms with Crippen molar-refractivity contribution in [2.24, 2.45) is 0 Å². The van der Waals surface area contributed by atoms with Crippen LogP contribution in [0.5, 0.6) is 5.75 Å². The van der Waals surface area contributed by atoms with E-state index in [4.69, 9.17) is 20.8 Å². The summed E-state index contributed by atoms with van der Waals surface area (Å²) in [6.45, 7) is -0.116. The van der Waals surface area contributed by atoms with E-state index in [1.165, 1.54) is 19.2 Å². The van der Waals surface area contributed by atoms with E-state index >= 15 is 0 Å². The fourth-order valence-corrected chi connectivity index (χ4v) is 3.13. The van der Waals surface area contributed by atoms with Crippen molar-refractivity contribution in [3.63, 3.8) is 0 Å². The quantitative estimate of drug-likeness (QED) is 0.707. The lowest BCUT2D eigenvalue weighted by atomic mass is 10.2.